The topological polar surface area (TPSA) is 230 Å². The minimum Gasteiger partial charge on any atom is -0.491 e. The van der Waals surface area contributed by atoms with E-state index in [4.69, 9.17) is 56.1 Å². The van der Waals surface area contributed by atoms with E-state index < -0.39 is 18.1 Å². The molecule has 2 fully saturated rings. The number of hydrogen-bond donors (Lipinski definition) is 5. The lowest BCUT2D eigenvalue weighted by molar-refractivity contribution is -0.139. The molecule has 0 bridgehead atoms. The van der Waals surface area contributed by atoms with Crippen LogP contribution in [-0.4, -0.2) is 148 Å². The lowest BCUT2D eigenvalue weighted by atomic mass is 9.83. The van der Waals surface area contributed by atoms with Crippen molar-refractivity contribution >= 4 is 80.2 Å². The van der Waals surface area contributed by atoms with Gasteiger partial charge in [-0.2, -0.15) is 0 Å². The van der Waals surface area contributed by atoms with Gasteiger partial charge < -0.3 is 44.5 Å². The highest BCUT2D eigenvalue weighted by molar-refractivity contribution is 7.17. The number of aromatic nitrogens is 1. The molecule has 0 unspecified atom stereocenters. The highest BCUT2D eigenvalue weighted by atomic mass is 35.5. The number of nitrogens with one attached hydrogen (secondary N) is 5. The van der Waals surface area contributed by atoms with Gasteiger partial charge in [-0.15, -0.1) is 22.7 Å². The Morgan fingerprint density at radius 2 is 1.55 bits per heavy atom. The Morgan fingerprint density at radius 1 is 0.882 bits per heavy atom. The number of aryl methyl sites for hydroxylation is 1. The fourth-order valence-corrected chi connectivity index (χ4v) is 11.8. The second-order valence-electron chi connectivity index (χ2n) is 19.1. The molecule has 5 N–H and O–H groups in total. The van der Waals surface area contributed by atoms with Gasteiger partial charge in [-0.3, -0.25) is 39.9 Å². The highest BCUT2D eigenvalue weighted by Crippen LogP contribution is 2.41. The molecular weight excluding hydrogens is 1030 g/mol. The molecular formula is C55H72ClN9O9S2. The summed E-state index contributed by atoms with van der Waals surface area (Å²) >= 11 is 9.09. The lowest BCUT2D eigenvalue weighted by Gasteiger charge is -2.35. The van der Waals surface area contributed by atoms with Crippen LogP contribution in [0.15, 0.2) is 58.9 Å². The summed E-state index contributed by atoms with van der Waals surface area (Å²) in [5.74, 6) is 0.102. The fourth-order valence-electron chi connectivity index (χ4n) is 9.52. The number of nitrogens with zero attached hydrogens (tertiary/aromatic N) is 4. The Balaban J connectivity index is 0.744. The maximum atomic E-state index is 14.2. The van der Waals surface area contributed by atoms with Crippen LogP contribution in [0, 0.1) is 30.6 Å². The zero-order valence-electron chi connectivity index (χ0n) is 44.2. The van der Waals surface area contributed by atoms with Gasteiger partial charge in [0, 0.05) is 45.1 Å². The number of thiazole rings is 1. The summed E-state index contributed by atoms with van der Waals surface area (Å²) in [4.78, 5) is 68.2. The van der Waals surface area contributed by atoms with Crippen LogP contribution >= 0.6 is 34.3 Å². The van der Waals surface area contributed by atoms with Gasteiger partial charge in [0.25, 0.3) is 0 Å². The Morgan fingerprint density at radius 3 is 2.22 bits per heavy atom. The van der Waals surface area contributed by atoms with Crippen LogP contribution in [0.4, 0.5) is 5.00 Å². The van der Waals surface area contributed by atoms with Crippen LogP contribution < -0.4 is 25.6 Å². The smallest absolute Gasteiger partial charge is 0.246 e. The number of anilines is 1. The summed E-state index contributed by atoms with van der Waals surface area (Å²) in [6.45, 7) is 11.4. The summed E-state index contributed by atoms with van der Waals surface area (Å²) in [7, 11) is 1.73. The van der Waals surface area contributed by atoms with E-state index >= 15 is 0 Å². The van der Waals surface area contributed by atoms with E-state index in [0.717, 1.165) is 76.5 Å². The normalized spacial score (nSPS) is 17.7. The van der Waals surface area contributed by atoms with Gasteiger partial charge in [0.1, 0.15) is 51.8 Å². The molecule has 4 atom stereocenters. The van der Waals surface area contributed by atoms with E-state index in [-0.39, 0.29) is 73.3 Å². The van der Waals surface area contributed by atoms with Gasteiger partial charge in [0.05, 0.1) is 77.1 Å². The molecule has 1 saturated heterocycles. The number of halogens is 1. The minimum atomic E-state index is -0.818. The Labute approximate surface area is 458 Å². The molecule has 4 aromatic rings. The number of benzene rings is 2. The van der Waals surface area contributed by atoms with Crippen molar-refractivity contribution in [2.45, 2.75) is 103 Å². The van der Waals surface area contributed by atoms with Crippen molar-refractivity contribution in [1.82, 2.24) is 25.8 Å². The van der Waals surface area contributed by atoms with E-state index in [1.54, 1.807) is 67.6 Å². The second-order valence-corrected chi connectivity index (χ2v) is 21.7. The first-order valence-electron chi connectivity index (χ1n) is 26.2. The van der Waals surface area contributed by atoms with Crippen molar-refractivity contribution in [3.8, 4) is 5.75 Å². The number of aliphatic imine (C=N–C) groups is 1. The molecule has 2 aromatic carbocycles. The molecule has 1 saturated carbocycles. The average molecular weight is 1100 g/mol. The van der Waals surface area contributed by atoms with Crippen molar-refractivity contribution in [2.24, 2.45) is 10.9 Å². The number of hydrogen-bond acceptors (Lipinski definition) is 16. The van der Waals surface area contributed by atoms with Crippen LogP contribution in [0.25, 0.3) is 0 Å². The lowest BCUT2D eigenvalue weighted by Crippen LogP contribution is -2.55. The van der Waals surface area contributed by atoms with E-state index in [9.17, 15) is 19.2 Å². The standard InChI is InChI=1S/C55H72ClN9O9S2/c1-34-36(3)76-55-47(34)48(39-16-18-41(56)19-17-39)61-43(51(58)65(55)37(4)57)32-46(66)60-20-22-70-23-24-71-25-26-72-27-28-73-29-30-74-42-14-9-13-40(31-42)50(67)44-33-75-53(62-44)45-15-10-21-64(45)54(69)49(38-11-7-6-8-12-38)63-52(68)35(2)59-5/h9,13-14,16-19,31,33,35,38,43,45,49,57-59H,6-8,10-12,15,20-30,32H2,1-5H3,(H,60,66)(H,63,68)/t35-,43-,45-,49-/m0/s1. The number of fused-ring (bicyclic) bond motifs is 1. The molecule has 21 heteroatoms. The largest absolute Gasteiger partial charge is 0.491 e. The molecule has 7 rings (SSSR count). The van der Waals surface area contributed by atoms with Gasteiger partial charge in [0.15, 0.2) is 0 Å². The van der Waals surface area contributed by atoms with E-state index in [0.29, 0.717) is 80.5 Å². The number of likely N-dealkylation sites (tertiary alicyclic amines) is 1. The molecule has 410 valence electrons. The number of rotatable bonds is 27. The summed E-state index contributed by atoms with van der Waals surface area (Å²) in [6, 6.07) is 12.3. The predicted octanol–water partition coefficient (Wildman–Crippen LogP) is 7.69. The van der Waals surface area contributed by atoms with Gasteiger partial charge in [-0.1, -0.05) is 55.1 Å². The third-order valence-electron chi connectivity index (χ3n) is 13.8. The van der Waals surface area contributed by atoms with Gasteiger partial charge in [-0.05, 0) is 96.2 Å². The van der Waals surface area contributed by atoms with Crippen molar-refractivity contribution in [1.29, 1.82) is 10.8 Å². The first-order valence-corrected chi connectivity index (χ1v) is 28.3. The van der Waals surface area contributed by atoms with E-state index in [2.05, 4.69) is 16.0 Å². The number of likely N-dealkylation sites (N-methyl/N-ethyl adjacent to an activating group) is 1. The maximum Gasteiger partial charge on any atom is 0.246 e. The molecule has 2 aromatic heterocycles. The fraction of sp³-hybridized carbons (Fsp3) is 0.527. The zero-order chi connectivity index (χ0) is 54.1. The van der Waals surface area contributed by atoms with Crippen molar-refractivity contribution in [2.75, 3.05) is 84.5 Å². The predicted molar refractivity (Wildman–Crippen MR) is 297 cm³/mol. The number of amidine groups is 2. The molecule has 3 amide bonds. The van der Waals surface area contributed by atoms with E-state index in [1.807, 2.05) is 30.9 Å². The van der Waals surface area contributed by atoms with Crippen molar-refractivity contribution in [3.63, 3.8) is 0 Å². The molecule has 4 heterocycles. The third-order valence-corrected chi connectivity index (χ3v) is 16.2. The van der Waals surface area contributed by atoms with E-state index in [1.165, 1.54) is 22.7 Å². The second kappa shape index (κ2) is 28.8. The molecule has 0 radical (unpaired) electrons. The highest BCUT2D eigenvalue weighted by Gasteiger charge is 2.41. The third kappa shape index (κ3) is 15.4. The number of amides is 3. The molecule has 2 aliphatic heterocycles. The van der Waals surface area contributed by atoms with Crippen LogP contribution in [0.2, 0.25) is 5.02 Å². The molecule has 3 aliphatic rings. The first kappa shape index (κ1) is 58.2. The average Bonchev–Trinajstić information content (AvgIpc) is 4.17. The maximum absolute atomic E-state index is 14.2. The number of carbonyl (C=O) groups is 4. The number of ether oxygens (including phenoxy) is 5. The minimum absolute atomic E-state index is 0.0651. The molecule has 0 spiro atoms. The van der Waals surface area contributed by atoms with Crippen molar-refractivity contribution < 1.29 is 42.9 Å². The quantitative estimate of drug-likeness (QED) is 0.0168. The van der Waals surface area contributed by atoms with Gasteiger partial charge >= 0.3 is 0 Å². The number of ketones is 1. The summed E-state index contributed by atoms with van der Waals surface area (Å²) < 4.78 is 28.5. The Kier molecular flexibility index (Phi) is 22.1. The van der Waals surface area contributed by atoms with Crippen LogP contribution in [0.5, 0.6) is 5.75 Å². The first-order chi connectivity index (χ1) is 36.7. The number of carbonyl (C=O) groups excluding carboxylic acids is 4. The summed E-state index contributed by atoms with van der Waals surface area (Å²) in [5, 5.41) is 30.4. The molecule has 18 nitrogen and oxygen atoms in total. The monoisotopic (exact) mass is 1100 g/mol. The SMILES string of the molecule is CN[C@@H](C)C(=O)N[C@H](C(=O)N1CCC[C@H]1c1nc(C(=O)c2cccc(OCCOCCOCCOCCOCCNC(=O)C[C@@H]3N=C(c4ccc(Cl)cc4)c4c(sc(C)c4C)N(C(C)=N)C3=N)c2)cs1)C1CCCCC1. The van der Waals surface area contributed by atoms with Gasteiger partial charge in [0.2, 0.25) is 23.5 Å². The van der Waals surface area contributed by atoms with Crippen LogP contribution in [-0.2, 0) is 33.3 Å². The summed E-state index contributed by atoms with van der Waals surface area (Å²) in [5.41, 5.74) is 4.12. The Hall–Kier alpha value is -5.45. The summed E-state index contributed by atoms with van der Waals surface area (Å²) in [6.07, 6.45) is 6.55. The Bertz CT molecular complexity index is 2670. The van der Waals surface area contributed by atoms with Gasteiger partial charge in [-0.25, -0.2) is 4.98 Å². The number of thiophene rings is 1. The van der Waals surface area contributed by atoms with Crippen LogP contribution in [0.3, 0.4) is 0 Å². The molecule has 76 heavy (non-hydrogen) atoms. The van der Waals surface area contributed by atoms with Crippen LogP contribution in [0.1, 0.15) is 114 Å². The molecule has 1 aliphatic carbocycles. The zero-order valence-corrected chi connectivity index (χ0v) is 46.6. The van der Waals surface area contributed by atoms with Crippen molar-refractivity contribution in [3.05, 3.63) is 96.8 Å².